The summed E-state index contributed by atoms with van der Waals surface area (Å²) in [5.41, 5.74) is 8.58. The third-order valence-electron chi connectivity index (χ3n) is 2.87. The lowest BCUT2D eigenvalue weighted by Crippen LogP contribution is -2.15. The van der Waals surface area contributed by atoms with Gasteiger partial charge < -0.3 is 11.1 Å². The van der Waals surface area contributed by atoms with Gasteiger partial charge in [0.1, 0.15) is 0 Å². The van der Waals surface area contributed by atoms with E-state index in [1.54, 1.807) is 36.4 Å². The zero-order chi connectivity index (χ0) is 14.7. The summed E-state index contributed by atoms with van der Waals surface area (Å²) in [6.07, 6.45) is 0. The smallest absolute Gasteiger partial charge is 0.257 e. The average Bonchev–Trinajstić information content (AvgIpc) is 2.43. The van der Waals surface area contributed by atoms with Crippen LogP contribution in [0, 0.1) is 18.3 Å². The second-order valence-corrected chi connectivity index (χ2v) is 5.24. The number of anilines is 2. The molecule has 0 radical (unpaired) electrons. The van der Waals surface area contributed by atoms with Crippen molar-refractivity contribution in [3.8, 4) is 6.07 Å². The van der Waals surface area contributed by atoms with Crippen LogP contribution in [0.25, 0.3) is 0 Å². The summed E-state index contributed by atoms with van der Waals surface area (Å²) in [5.74, 6) is -0.304. The molecule has 2 aromatic rings. The molecule has 20 heavy (non-hydrogen) atoms. The molecule has 0 atom stereocenters. The van der Waals surface area contributed by atoms with Gasteiger partial charge in [0.15, 0.2) is 0 Å². The van der Waals surface area contributed by atoms with Crippen LogP contribution in [-0.4, -0.2) is 5.91 Å². The number of carbonyl (C=O) groups is 1. The molecule has 0 spiro atoms. The van der Waals surface area contributed by atoms with Gasteiger partial charge in [-0.25, -0.2) is 0 Å². The molecule has 0 unspecified atom stereocenters. The van der Waals surface area contributed by atoms with Crippen LogP contribution in [0.4, 0.5) is 11.4 Å². The van der Waals surface area contributed by atoms with Gasteiger partial charge in [0, 0.05) is 15.8 Å². The number of carbonyl (C=O) groups excluding carboxylic acids is 1. The topological polar surface area (TPSA) is 78.9 Å². The highest BCUT2D eigenvalue weighted by Gasteiger charge is 2.12. The van der Waals surface area contributed by atoms with Gasteiger partial charge in [0.05, 0.1) is 17.2 Å². The van der Waals surface area contributed by atoms with E-state index < -0.39 is 0 Å². The number of rotatable bonds is 2. The van der Waals surface area contributed by atoms with Gasteiger partial charge >= 0.3 is 0 Å². The van der Waals surface area contributed by atoms with Crippen LogP contribution in [-0.2, 0) is 0 Å². The zero-order valence-corrected chi connectivity index (χ0v) is 12.4. The minimum absolute atomic E-state index is 0.304. The second-order valence-electron chi connectivity index (χ2n) is 4.33. The summed E-state index contributed by atoms with van der Waals surface area (Å²) in [4.78, 5) is 12.2. The molecule has 2 rings (SSSR count). The SMILES string of the molecule is Cc1ccc(C#N)cc1NC(=O)c1cc(Br)ccc1N. The summed E-state index contributed by atoms with van der Waals surface area (Å²) in [7, 11) is 0. The molecule has 0 fully saturated rings. The van der Waals surface area contributed by atoms with Crippen molar-refractivity contribution in [3.05, 3.63) is 57.6 Å². The Hall–Kier alpha value is -2.32. The molecule has 0 aliphatic rings. The van der Waals surface area contributed by atoms with Crippen molar-refractivity contribution < 1.29 is 4.79 Å². The first kappa shape index (κ1) is 14.1. The van der Waals surface area contributed by atoms with Gasteiger partial charge in [-0.05, 0) is 42.8 Å². The number of hydrogen-bond acceptors (Lipinski definition) is 3. The van der Waals surface area contributed by atoms with E-state index in [0.717, 1.165) is 10.0 Å². The highest BCUT2D eigenvalue weighted by Crippen LogP contribution is 2.22. The zero-order valence-electron chi connectivity index (χ0n) is 10.8. The quantitative estimate of drug-likeness (QED) is 0.828. The number of halogens is 1. The van der Waals surface area contributed by atoms with Crippen LogP contribution in [0.3, 0.4) is 0 Å². The third kappa shape index (κ3) is 2.98. The Labute approximate surface area is 125 Å². The van der Waals surface area contributed by atoms with Crippen molar-refractivity contribution >= 4 is 33.2 Å². The number of amides is 1. The fourth-order valence-electron chi connectivity index (χ4n) is 1.74. The van der Waals surface area contributed by atoms with Crippen molar-refractivity contribution in [1.82, 2.24) is 0 Å². The van der Waals surface area contributed by atoms with E-state index in [4.69, 9.17) is 11.0 Å². The highest BCUT2D eigenvalue weighted by molar-refractivity contribution is 9.10. The maximum Gasteiger partial charge on any atom is 0.257 e. The molecule has 0 bridgehead atoms. The van der Waals surface area contributed by atoms with Crippen LogP contribution in [0.15, 0.2) is 40.9 Å². The normalized spacial score (nSPS) is 9.85. The Morgan fingerprint density at radius 2 is 2.05 bits per heavy atom. The first-order chi connectivity index (χ1) is 9.51. The third-order valence-corrected chi connectivity index (χ3v) is 3.37. The van der Waals surface area contributed by atoms with Crippen LogP contribution in [0.2, 0.25) is 0 Å². The van der Waals surface area contributed by atoms with Gasteiger partial charge in [-0.2, -0.15) is 5.26 Å². The van der Waals surface area contributed by atoms with E-state index in [1.807, 2.05) is 13.0 Å². The van der Waals surface area contributed by atoms with Crippen LogP contribution < -0.4 is 11.1 Å². The second kappa shape index (κ2) is 5.76. The van der Waals surface area contributed by atoms with Crippen LogP contribution >= 0.6 is 15.9 Å². The molecule has 100 valence electrons. The first-order valence-electron chi connectivity index (χ1n) is 5.88. The largest absolute Gasteiger partial charge is 0.398 e. The number of benzene rings is 2. The molecule has 0 heterocycles. The molecule has 0 aliphatic heterocycles. The lowest BCUT2D eigenvalue weighted by atomic mass is 10.1. The van der Waals surface area contributed by atoms with Crippen molar-refractivity contribution in [3.63, 3.8) is 0 Å². The molecule has 2 aromatic carbocycles. The number of nitrogens with one attached hydrogen (secondary N) is 1. The Kier molecular flexibility index (Phi) is 4.06. The number of nitrogen functional groups attached to an aromatic ring is 1. The highest BCUT2D eigenvalue weighted by atomic mass is 79.9. The Bertz CT molecular complexity index is 720. The van der Waals surface area contributed by atoms with Gasteiger partial charge in [0.2, 0.25) is 0 Å². The van der Waals surface area contributed by atoms with E-state index in [2.05, 4.69) is 21.2 Å². The molecule has 1 amide bonds. The predicted octanol–water partition coefficient (Wildman–Crippen LogP) is 3.46. The van der Waals surface area contributed by atoms with Gasteiger partial charge in [0.25, 0.3) is 5.91 Å². The van der Waals surface area contributed by atoms with Crippen molar-refractivity contribution in [2.75, 3.05) is 11.1 Å². The lowest BCUT2D eigenvalue weighted by Gasteiger charge is -2.10. The summed E-state index contributed by atoms with van der Waals surface area (Å²) in [5, 5.41) is 11.7. The summed E-state index contributed by atoms with van der Waals surface area (Å²) < 4.78 is 0.777. The fraction of sp³-hybridized carbons (Fsp3) is 0.0667. The number of nitrogens with two attached hydrogens (primary N) is 1. The molecule has 4 nitrogen and oxygen atoms in total. The van der Waals surface area contributed by atoms with E-state index in [9.17, 15) is 4.79 Å². The Morgan fingerprint density at radius 3 is 2.75 bits per heavy atom. The van der Waals surface area contributed by atoms with E-state index in [-0.39, 0.29) is 5.91 Å². The first-order valence-corrected chi connectivity index (χ1v) is 6.67. The van der Waals surface area contributed by atoms with Crippen LogP contribution in [0.5, 0.6) is 0 Å². The van der Waals surface area contributed by atoms with Gasteiger partial charge in [-0.15, -0.1) is 0 Å². The molecule has 0 saturated heterocycles. The number of nitriles is 1. The lowest BCUT2D eigenvalue weighted by molar-refractivity contribution is 0.102. The molecule has 0 aliphatic carbocycles. The van der Waals surface area contributed by atoms with Crippen molar-refractivity contribution in [2.45, 2.75) is 6.92 Å². The standard InChI is InChI=1S/C15H12BrN3O/c1-9-2-3-10(8-17)6-14(9)19-15(20)12-7-11(16)4-5-13(12)18/h2-7H,18H2,1H3,(H,19,20). The van der Waals surface area contributed by atoms with Crippen LogP contribution in [0.1, 0.15) is 21.5 Å². The monoisotopic (exact) mass is 329 g/mol. The number of aryl methyl sites for hydroxylation is 1. The van der Waals surface area contributed by atoms with E-state index in [1.165, 1.54) is 0 Å². The van der Waals surface area contributed by atoms with Crippen molar-refractivity contribution in [2.24, 2.45) is 0 Å². The maximum absolute atomic E-state index is 12.2. The summed E-state index contributed by atoms with van der Waals surface area (Å²) in [6, 6.07) is 12.3. The molecule has 3 N–H and O–H groups in total. The fourth-order valence-corrected chi connectivity index (χ4v) is 2.10. The number of nitrogens with zero attached hydrogens (tertiary/aromatic N) is 1. The molecule has 0 aromatic heterocycles. The average molecular weight is 330 g/mol. The molecule has 0 saturated carbocycles. The maximum atomic E-state index is 12.2. The summed E-state index contributed by atoms with van der Waals surface area (Å²) >= 11 is 3.31. The molecular weight excluding hydrogens is 318 g/mol. The minimum atomic E-state index is -0.304. The summed E-state index contributed by atoms with van der Waals surface area (Å²) in [6.45, 7) is 1.86. The molecular formula is C15H12BrN3O. The Balaban J connectivity index is 2.33. The van der Waals surface area contributed by atoms with E-state index in [0.29, 0.717) is 22.5 Å². The van der Waals surface area contributed by atoms with Gasteiger partial charge in [-0.3, -0.25) is 4.79 Å². The predicted molar refractivity (Wildman–Crippen MR) is 82.4 cm³/mol. The van der Waals surface area contributed by atoms with Crippen molar-refractivity contribution in [1.29, 1.82) is 5.26 Å². The minimum Gasteiger partial charge on any atom is -0.398 e. The van der Waals surface area contributed by atoms with E-state index >= 15 is 0 Å². The number of hydrogen-bond donors (Lipinski definition) is 2. The molecule has 5 heteroatoms. The van der Waals surface area contributed by atoms with Gasteiger partial charge in [-0.1, -0.05) is 22.0 Å². The Morgan fingerprint density at radius 1 is 1.30 bits per heavy atom.